The molecule has 4 aromatic rings. The second-order valence-electron chi connectivity index (χ2n) is 9.12. The highest BCUT2D eigenvalue weighted by molar-refractivity contribution is 5.56. The van der Waals surface area contributed by atoms with Gasteiger partial charge in [-0.05, 0) is 43.0 Å². The number of imidazole rings is 1. The number of fused-ring (bicyclic) bond motifs is 1. The molecule has 35 heavy (non-hydrogen) atoms. The van der Waals surface area contributed by atoms with Crippen LogP contribution in [-0.2, 0) is 13.0 Å². The third-order valence-corrected chi connectivity index (χ3v) is 6.63. The summed E-state index contributed by atoms with van der Waals surface area (Å²) in [5.74, 6) is 2.68. The molecule has 0 aliphatic carbocycles. The van der Waals surface area contributed by atoms with Crippen LogP contribution in [-0.4, -0.2) is 16.3 Å². The fraction of sp³-hybridized carbons (Fsp3) is 0.300. The number of ether oxygens (including phenoxy) is 2. The third-order valence-electron chi connectivity index (χ3n) is 6.63. The summed E-state index contributed by atoms with van der Waals surface area (Å²) in [5.41, 5.74) is 4.85. The molecule has 1 aliphatic heterocycles. The average Bonchev–Trinajstić information content (AvgIpc) is 3.55. The third kappa shape index (κ3) is 5.25. The lowest BCUT2D eigenvalue weighted by molar-refractivity contribution is 0.174. The topological polar surface area (TPSA) is 48.3 Å². The van der Waals surface area contributed by atoms with E-state index in [1.165, 1.54) is 16.8 Å². The standard InChI is InChI=1S/C30H33N3O2/c1-3-4-17-33-27(20-31-30(33)25-13-9-6-10-14-25)22(2)32-26(24-11-7-5-8-12-24)18-23-15-16-28-29(19-23)35-21-34-28/h5-16,19-20,22,26,32H,3-4,17-18,21H2,1-2H3. The van der Waals surface area contributed by atoms with Crippen molar-refractivity contribution in [3.63, 3.8) is 0 Å². The van der Waals surface area contributed by atoms with Gasteiger partial charge in [-0.15, -0.1) is 0 Å². The van der Waals surface area contributed by atoms with Crippen molar-refractivity contribution in [2.24, 2.45) is 0 Å². The highest BCUT2D eigenvalue weighted by atomic mass is 16.7. The molecule has 0 amide bonds. The van der Waals surface area contributed by atoms with Gasteiger partial charge in [-0.1, -0.05) is 80.1 Å². The lowest BCUT2D eigenvalue weighted by Gasteiger charge is -2.25. The summed E-state index contributed by atoms with van der Waals surface area (Å²) in [6.45, 7) is 5.73. The number of rotatable bonds is 10. The van der Waals surface area contributed by atoms with E-state index in [0.29, 0.717) is 6.79 Å². The average molecular weight is 468 g/mol. The van der Waals surface area contributed by atoms with Crippen molar-refractivity contribution < 1.29 is 9.47 Å². The van der Waals surface area contributed by atoms with Crippen LogP contribution in [0.5, 0.6) is 11.5 Å². The molecule has 2 heterocycles. The molecule has 3 aromatic carbocycles. The van der Waals surface area contributed by atoms with Gasteiger partial charge in [0.25, 0.3) is 0 Å². The predicted molar refractivity (Wildman–Crippen MR) is 140 cm³/mol. The highest BCUT2D eigenvalue weighted by Crippen LogP contribution is 2.34. The molecule has 5 rings (SSSR count). The van der Waals surface area contributed by atoms with Crippen LogP contribution in [0.1, 0.15) is 55.6 Å². The predicted octanol–water partition coefficient (Wildman–Crippen LogP) is 6.71. The van der Waals surface area contributed by atoms with Gasteiger partial charge in [0.05, 0.1) is 11.9 Å². The van der Waals surface area contributed by atoms with Crippen molar-refractivity contribution >= 4 is 0 Å². The molecular weight excluding hydrogens is 434 g/mol. The molecule has 0 radical (unpaired) electrons. The van der Waals surface area contributed by atoms with Gasteiger partial charge in [0.15, 0.2) is 11.5 Å². The van der Waals surface area contributed by atoms with E-state index in [1.54, 1.807) is 0 Å². The number of aromatic nitrogens is 2. The van der Waals surface area contributed by atoms with Crippen LogP contribution in [0.25, 0.3) is 11.4 Å². The Balaban J connectivity index is 1.43. The first-order valence-corrected chi connectivity index (χ1v) is 12.5. The van der Waals surface area contributed by atoms with Crippen molar-refractivity contribution in [1.82, 2.24) is 14.9 Å². The monoisotopic (exact) mass is 467 g/mol. The zero-order valence-corrected chi connectivity index (χ0v) is 20.5. The van der Waals surface area contributed by atoms with E-state index < -0.39 is 0 Å². The molecule has 5 heteroatoms. The lowest BCUT2D eigenvalue weighted by atomic mass is 9.97. The molecule has 0 saturated carbocycles. The second-order valence-corrected chi connectivity index (χ2v) is 9.12. The molecule has 2 atom stereocenters. The number of hydrogen-bond acceptors (Lipinski definition) is 4. The molecule has 0 spiro atoms. The highest BCUT2D eigenvalue weighted by Gasteiger charge is 2.22. The first-order valence-electron chi connectivity index (χ1n) is 12.5. The van der Waals surface area contributed by atoms with E-state index in [4.69, 9.17) is 14.5 Å². The van der Waals surface area contributed by atoms with Crippen LogP contribution in [0.2, 0.25) is 0 Å². The number of hydrogen-bond donors (Lipinski definition) is 1. The Morgan fingerprint density at radius 3 is 2.46 bits per heavy atom. The summed E-state index contributed by atoms with van der Waals surface area (Å²) in [6, 6.07) is 27.6. The summed E-state index contributed by atoms with van der Waals surface area (Å²) in [6.07, 6.45) is 5.15. The van der Waals surface area contributed by atoms with Crippen molar-refractivity contribution in [3.05, 3.63) is 102 Å². The molecule has 180 valence electrons. The molecule has 2 unspecified atom stereocenters. The van der Waals surface area contributed by atoms with E-state index in [1.807, 2.05) is 12.3 Å². The van der Waals surface area contributed by atoms with Crippen LogP contribution in [0.3, 0.4) is 0 Å². The Morgan fingerprint density at radius 1 is 0.943 bits per heavy atom. The van der Waals surface area contributed by atoms with E-state index >= 15 is 0 Å². The quantitative estimate of drug-likeness (QED) is 0.281. The zero-order chi connectivity index (χ0) is 24.0. The Morgan fingerprint density at radius 2 is 1.69 bits per heavy atom. The van der Waals surface area contributed by atoms with E-state index in [0.717, 1.165) is 48.7 Å². The Kier molecular flexibility index (Phi) is 7.15. The van der Waals surface area contributed by atoms with Crippen molar-refractivity contribution in [2.45, 2.75) is 51.7 Å². The van der Waals surface area contributed by atoms with Gasteiger partial charge in [-0.3, -0.25) is 0 Å². The van der Waals surface area contributed by atoms with Gasteiger partial charge in [0.2, 0.25) is 6.79 Å². The molecule has 1 N–H and O–H groups in total. The summed E-state index contributed by atoms with van der Waals surface area (Å²) in [7, 11) is 0. The number of nitrogens with zero attached hydrogens (tertiary/aromatic N) is 2. The maximum Gasteiger partial charge on any atom is 0.231 e. The minimum absolute atomic E-state index is 0.121. The maximum absolute atomic E-state index is 5.62. The lowest BCUT2D eigenvalue weighted by Crippen LogP contribution is -2.28. The largest absolute Gasteiger partial charge is 0.454 e. The Labute approximate surface area is 207 Å². The molecule has 1 aliphatic rings. The SMILES string of the molecule is CCCCn1c(C(C)NC(Cc2ccc3c(c2)OCO3)c2ccccc2)cnc1-c1ccccc1. The van der Waals surface area contributed by atoms with Gasteiger partial charge in [-0.2, -0.15) is 0 Å². The van der Waals surface area contributed by atoms with Gasteiger partial charge in [-0.25, -0.2) is 4.98 Å². The second kappa shape index (κ2) is 10.8. The first kappa shape index (κ1) is 23.2. The van der Waals surface area contributed by atoms with Crippen molar-refractivity contribution in [1.29, 1.82) is 0 Å². The Hall–Kier alpha value is -3.57. The molecule has 1 aromatic heterocycles. The molecule has 0 fully saturated rings. The summed E-state index contributed by atoms with van der Waals surface area (Å²) in [5, 5.41) is 3.91. The van der Waals surface area contributed by atoms with Gasteiger partial charge >= 0.3 is 0 Å². The first-order chi connectivity index (χ1) is 17.2. The van der Waals surface area contributed by atoms with Gasteiger partial charge in [0.1, 0.15) is 5.82 Å². The minimum atomic E-state index is 0.121. The molecule has 0 bridgehead atoms. The van der Waals surface area contributed by atoms with Crippen LogP contribution in [0.4, 0.5) is 0 Å². The van der Waals surface area contributed by atoms with E-state index in [-0.39, 0.29) is 12.1 Å². The van der Waals surface area contributed by atoms with E-state index in [9.17, 15) is 0 Å². The number of benzene rings is 3. The number of nitrogens with one attached hydrogen (secondary N) is 1. The minimum Gasteiger partial charge on any atom is -0.454 e. The summed E-state index contributed by atoms with van der Waals surface area (Å²) >= 11 is 0. The van der Waals surface area contributed by atoms with Crippen molar-refractivity contribution in [2.75, 3.05) is 6.79 Å². The molecule has 5 nitrogen and oxygen atoms in total. The Bertz CT molecular complexity index is 1240. The van der Waals surface area contributed by atoms with Crippen molar-refractivity contribution in [3.8, 4) is 22.9 Å². The summed E-state index contributed by atoms with van der Waals surface area (Å²) in [4.78, 5) is 4.86. The van der Waals surface area contributed by atoms with Gasteiger partial charge in [0, 0.05) is 24.2 Å². The normalized spacial score (nSPS) is 14.1. The molecular formula is C30H33N3O2. The van der Waals surface area contributed by atoms with Crippen LogP contribution in [0, 0.1) is 0 Å². The fourth-order valence-electron chi connectivity index (χ4n) is 4.75. The summed E-state index contributed by atoms with van der Waals surface area (Å²) < 4.78 is 13.5. The van der Waals surface area contributed by atoms with Crippen LogP contribution in [0.15, 0.2) is 85.1 Å². The van der Waals surface area contributed by atoms with Crippen LogP contribution < -0.4 is 14.8 Å². The molecule has 0 saturated heterocycles. The van der Waals surface area contributed by atoms with Gasteiger partial charge < -0.3 is 19.4 Å². The number of unbranched alkanes of at least 4 members (excludes halogenated alkanes) is 1. The maximum atomic E-state index is 5.62. The fourth-order valence-corrected chi connectivity index (χ4v) is 4.75. The van der Waals surface area contributed by atoms with E-state index in [2.05, 4.69) is 96.5 Å². The van der Waals surface area contributed by atoms with Crippen LogP contribution >= 0.6 is 0 Å². The smallest absolute Gasteiger partial charge is 0.231 e. The zero-order valence-electron chi connectivity index (χ0n) is 20.5.